The third-order valence-corrected chi connectivity index (χ3v) is 3.03. The maximum Gasteiger partial charge on any atom is 0.110 e. The van der Waals surface area contributed by atoms with Crippen LogP contribution in [0.5, 0.6) is 0 Å². The van der Waals surface area contributed by atoms with Gasteiger partial charge in [-0.3, -0.25) is 0 Å². The topological polar surface area (TPSA) is 38.1 Å². The molecule has 0 radical (unpaired) electrons. The number of hydrogen-bond donors (Lipinski definition) is 1. The number of furan rings is 1. The van der Waals surface area contributed by atoms with Crippen molar-refractivity contribution in [2.24, 2.45) is 0 Å². The van der Waals surface area contributed by atoms with Gasteiger partial charge in [0.15, 0.2) is 0 Å². The summed E-state index contributed by atoms with van der Waals surface area (Å²) >= 11 is 1.70. The first-order valence-electron chi connectivity index (χ1n) is 4.99. The number of likely N-dealkylation sites (N-methyl/N-ethyl adjacent to an activating group) is 1. The molecule has 0 spiro atoms. The summed E-state index contributed by atoms with van der Waals surface area (Å²) < 4.78 is 5.28. The van der Waals surface area contributed by atoms with Crippen molar-refractivity contribution in [3.05, 3.63) is 40.2 Å². The molecule has 4 heteroatoms. The highest BCUT2D eigenvalue weighted by atomic mass is 32.1. The molecule has 2 aromatic rings. The van der Waals surface area contributed by atoms with Crippen molar-refractivity contribution in [2.75, 3.05) is 13.6 Å². The fraction of sp³-hybridized carbons (Fsp3) is 0.364. The van der Waals surface area contributed by atoms with E-state index in [2.05, 4.69) is 15.7 Å². The van der Waals surface area contributed by atoms with Crippen LogP contribution in [0.2, 0.25) is 0 Å². The Balaban J connectivity index is 1.95. The van der Waals surface area contributed by atoms with Crippen LogP contribution < -0.4 is 5.32 Å². The number of thiazole rings is 1. The fourth-order valence-corrected chi connectivity index (χ4v) is 2.20. The predicted molar refractivity (Wildman–Crippen MR) is 61.3 cm³/mol. The van der Waals surface area contributed by atoms with Gasteiger partial charge in [0.25, 0.3) is 0 Å². The molecule has 2 heterocycles. The van der Waals surface area contributed by atoms with Gasteiger partial charge < -0.3 is 9.73 Å². The normalized spacial score (nSPS) is 10.7. The van der Waals surface area contributed by atoms with E-state index in [1.165, 1.54) is 0 Å². The number of nitrogens with one attached hydrogen (secondary N) is 1. The van der Waals surface area contributed by atoms with Crippen LogP contribution in [0.1, 0.15) is 16.5 Å². The van der Waals surface area contributed by atoms with E-state index < -0.39 is 0 Å². The molecule has 0 aliphatic heterocycles. The van der Waals surface area contributed by atoms with Crippen molar-refractivity contribution in [1.82, 2.24) is 10.3 Å². The minimum Gasteiger partial charge on any atom is -0.469 e. The lowest BCUT2D eigenvalue weighted by molar-refractivity contribution is 0.520. The van der Waals surface area contributed by atoms with Gasteiger partial charge in [0.2, 0.25) is 0 Å². The molecule has 0 bridgehead atoms. The van der Waals surface area contributed by atoms with Gasteiger partial charge >= 0.3 is 0 Å². The molecule has 0 saturated carbocycles. The zero-order valence-corrected chi connectivity index (χ0v) is 9.51. The van der Waals surface area contributed by atoms with Gasteiger partial charge in [0.1, 0.15) is 10.8 Å². The Bertz CT molecular complexity index is 394. The van der Waals surface area contributed by atoms with E-state index in [-0.39, 0.29) is 0 Å². The lowest BCUT2D eigenvalue weighted by Crippen LogP contribution is -2.10. The summed E-state index contributed by atoms with van der Waals surface area (Å²) in [6.07, 6.45) is 3.49. The Morgan fingerprint density at radius 3 is 3.20 bits per heavy atom. The maximum absolute atomic E-state index is 5.28. The maximum atomic E-state index is 5.28. The van der Waals surface area contributed by atoms with Gasteiger partial charge in [-0.15, -0.1) is 11.3 Å². The quantitative estimate of drug-likeness (QED) is 0.841. The van der Waals surface area contributed by atoms with Crippen molar-refractivity contribution in [3.8, 4) is 0 Å². The van der Waals surface area contributed by atoms with Crippen LogP contribution in [-0.2, 0) is 12.8 Å². The van der Waals surface area contributed by atoms with Crippen LogP contribution >= 0.6 is 11.3 Å². The first-order valence-corrected chi connectivity index (χ1v) is 5.86. The molecule has 2 aromatic heterocycles. The standard InChI is InChI=1S/C11H14N2OS/c1-12-5-4-9-8-15-11(13-9)7-10-3-2-6-14-10/h2-3,6,8,12H,4-5,7H2,1H3. The van der Waals surface area contributed by atoms with Crippen LogP contribution in [0.4, 0.5) is 0 Å². The summed E-state index contributed by atoms with van der Waals surface area (Å²) in [5.74, 6) is 0.976. The van der Waals surface area contributed by atoms with Crippen LogP contribution in [-0.4, -0.2) is 18.6 Å². The van der Waals surface area contributed by atoms with Gasteiger partial charge in [0.05, 0.1) is 18.4 Å². The largest absolute Gasteiger partial charge is 0.469 e. The molecule has 15 heavy (non-hydrogen) atoms. The number of nitrogens with zero attached hydrogens (tertiary/aromatic N) is 1. The lowest BCUT2D eigenvalue weighted by Gasteiger charge is -1.94. The van der Waals surface area contributed by atoms with Gasteiger partial charge in [-0.1, -0.05) is 0 Å². The Kier molecular flexibility index (Phi) is 3.53. The van der Waals surface area contributed by atoms with Crippen molar-refractivity contribution < 1.29 is 4.42 Å². The molecule has 1 N–H and O–H groups in total. The minimum absolute atomic E-state index is 0.803. The van der Waals surface area contributed by atoms with Crippen molar-refractivity contribution in [3.63, 3.8) is 0 Å². The second-order valence-corrected chi connectivity index (χ2v) is 4.28. The third kappa shape index (κ3) is 2.91. The van der Waals surface area contributed by atoms with Crippen LogP contribution in [0.3, 0.4) is 0 Å². The smallest absolute Gasteiger partial charge is 0.110 e. The molecule has 80 valence electrons. The van der Waals surface area contributed by atoms with E-state index in [1.54, 1.807) is 17.6 Å². The Morgan fingerprint density at radius 2 is 2.47 bits per heavy atom. The molecule has 0 unspecified atom stereocenters. The molecule has 0 amide bonds. The van der Waals surface area contributed by atoms with Crippen LogP contribution in [0, 0.1) is 0 Å². The zero-order chi connectivity index (χ0) is 10.5. The average Bonchev–Trinajstić information content (AvgIpc) is 2.87. The van der Waals surface area contributed by atoms with E-state index in [1.807, 2.05) is 19.2 Å². The molecule has 2 rings (SSSR count). The van der Waals surface area contributed by atoms with Gasteiger partial charge in [-0.25, -0.2) is 4.98 Å². The molecule has 0 atom stereocenters. The van der Waals surface area contributed by atoms with E-state index in [0.717, 1.165) is 35.8 Å². The second kappa shape index (κ2) is 5.09. The van der Waals surface area contributed by atoms with E-state index >= 15 is 0 Å². The number of hydrogen-bond acceptors (Lipinski definition) is 4. The van der Waals surface area contributed by atoms with Crippen molar-refractivity contribution in [2.45, 2.75) is 12.8 Å². The number of rotatable bonds is 5. The molecular weight excluding hydrogens is 208 g/mol. The average molecular weight is 222 g/mol. The molecule has 0 aromatic carbocycles. The van der Waals surface area contributed by atoms with E-state index in [0.29, 0.717) is 0 Å². The summed E-state index contributed by atoms with van der Waals surface area (Å²) in [5, 5.41) is 6.36. The highest BCUT2D eigenvalue weighted by Gasteiger charge is 2.04. The fourth-order valence-electron chi connectivity index (χ4n) is 1.36. The third-order valence-electron chi connectivity index (χ3n) is 2.14. The molecule has 0 aliphatic rings. The SMILES string of the molecule is CNCCc1csc(Cc2ccco2)n1. The monoisotopic (exact) mass is 222 g/mol. The first kappa shape index (κ1) is 10.4. The summed E-state index contributed by atoms with van der Waals surface area (Å²) in [6, 6.07) is 3.89. The second-order valence-electron chi connectivity index (χ2n) is 3.34. The van der Waals surface area contributed by atoms with E-state index in [9.17, 15) is 0 Å². The zero-order valence-electron chi connectivity index (χ0n) is 8.69. The highest BCUT2D eigenvalue weighted by molar-refractivity contribution is 7.09. The molecular formula is C11H14N2OS. The Labute approximate surface area is 93.2 Å². The summed E-state index contributed by atoms with van der Waals surface area (Å²) in [7, 11) is 1.95. The van der Waals surface area contributed by atoms with Gasteiger partial charge in [0, 0.05) is 18.3 Å². The molecule has 0 saturated heterocycles. The molecule has 0 aliphatic carbocycles. The van der Waals surface area contributed by atoms with Gasteiger partial charge in [-0.2, -0.15) is 0 Å². The summed E-state index contributed by atoms with van der Waals surface area (Å²) in [6.45, 7) is 0.976. The van der Waals surface area contributed by atoms with E-state index in [4.69, 9.17) is 4.42 Å². The highest BCUT2D eigenvalue weighted by Crippen LogP contribution is 2.15. The Hall–Kier alpha value is -1.13. The number of aromatic nitrogens is 1. The summed E-state index contributed by atoms with van der Waals surface area (Å²) in [5.41, 5.74) is 1.16. The molecule has 3 nitrogen and oxygen atoms in total. The Morgan fingerprint density at radius 1 is 1.53 bits per heavy atom. The predicted octanol–water partition coefficient (Wildman–Crippen LogP) is 2.09. The van der Waals surface area contributed by atoms with Crippen LogP contribution in [0.25, 0.3) is 0 Å². The van der Waals surface area contributed by atoms with Crippen molar-refractivity contribution >= 4 is 11.3 Å². The van der Waals surface area contributed by atoms with Crippen LogP contribution in [0.15, 0.2) is 28.2 Å². The lowest BCUT2D eigenvalue weighted by atomic mass is 10.3. The molecule has 0 fully saturated rings. The first-order chi connectivity index (χ1) is 7.38. The summed E-state index contributed by atoms with van der Waals surface area (Å²) in [4.78, 5) is 4.54. The van der Waals surface area contributed by atoms with Crippen molar-refractivity contribution in [1.29, 1.82) is 0 Å². The minimum atomic E-state index is 0.803. The van der Waals surface area contributed by atoms with Gasteiger partial charge in [-0.05, 0) is 19.2 Å².